The van der Waals surface area contributed by atoms with Crippen LogP contribution in [-0.2, 0) is 4.74 Å². The molecule has 1 atom stereocenters. The van der Waals surface area contributed by atoms with Crippen LogP contribution in [0.3, 0.4) is 0 Å². The highest BCUT2D eigenvalue weighted by Crippen LogP contribution is 2.38. The topological polar surface area (TPSA) is 59.9 Å². The second-order valence-electron chi connectivity index (χ2n) is 7.96. The zero-order valence-corrected chi connectivity index (χ0v) is 15.7. The van der Waals surface area contributed by atoms with Gasteiger partial charge >= 0.3 is 0 Å². The highest BCUT2D eigenvalue weighted by molar-refractivity contribution is 5.91. The van der Waals surface area contributed by atoms with Crippen molar-refractivity contribution in [2.45, 2.75) is 24.8 Å². The number of H-pyrrole nitrogens is 1. The number of nitrogens with one attached hydrogen (secondary N) is 2. The van der Waals surface area contributed by atoms with E-state index in [-0.39, 0.29) is 0 Å². The molecule has 0 bridgehead atoms. The van der Waals surface area contributed by atoms with E-state index < -0.39 is 0 Å². The zero-order chi connectivity index (χ0) is 18.5. The third-order valence-electron chi connectivity index (χ3n) is 6.12. The molecule has 0 amide bonds. The zero-order valence-electron chi connectivity index (χ0n) is 15.7. The van der Waals surface area contributed by atoms with Crippen molar-refractivity contribution in [2.24, 2.45) is 0 Å². The summed E-state index contributed by atoms with van der Waals surface area (Å²) in [4.78, 5) is 8.86. The van der Waals surface area contributed by atoms with Crippen LogP contribution >= 0.6 is 0 Å². The quantitative estimate of drug-likeness (QED) is 0.504. The molecule has 4 heterocycles. The predicted octanol–water partition coefficient (Wildman–Crippen LogP) is 4.92. The molecule has 6 rings (SSSR count). The number of hydrogen-bond donors (Lipinski definition) is 2. The maximum absolute atomic E-state index is 5.61. The van der Waals surface area contributed by atoms with E-state index in [0.717, 1.165) is 38.1 Å². The molecule has 2 aromatic heterocycles. The molecular weight excluding hydrogens is 346 g/mol. The highest BCUT2D eigenvalue weighted by atomic mass is 16.5. The van der Waals surface area contributed by atoms with E-state index in [4.69, 9.17) is 9.72 Å². The summed E-state index contributed by atoms with van der Waals surface area (Å²) in [6.07, 6.45) is 2.08. The van der Waals surface area contributed by atoms with Crippen molar-refractivity contribution >= 4 is 21.8 Å². The van der Waals surface area contributed by atoms with E-state index in [0.29, 0.717) is 12.0 Å². The number of fused-ring (bicyclic) bond motifs is 2. The molecule has 1 unspecified atom stereocenters. The Labute approximate surface area is 163 Å². The summed E-state index contributed by atoms with van der Waals surface area (Å²) >= 11 is 0. The van der Waals surface area contributed by atoms with Crippen LogP contribution in [0.1, 0.15) is 36.1 Å². The lowest BCUT2D eigenvalue weighted by Crippen LogP contribution is -2.16. The number of para-hydroxylation sites is 2. The molecule has 140 valence electrons. The van der Waals surface area contributed by atoms with E-state index in [1.54, 1.807) is 0 Å². The molecule has 28 heavy (non-hydrogen) atoms. The fraction of sp³-hybridized carbons (Fsp3) is 0.292. The molecule has 0 radical (unpaired) electrons. The second-order valence-corrected chi connectivity index (χ2v) is 7.96. The summed E-state index contributed by atoms with van der Waals surface area (Å²) in [5, 5.41) is 5.89. The van der Waals surface area contributed by atoms with Gasteiger partial charge in [0.2, 0.25) is 0 Å². The van der Waals surface area contributed by atoms with Crippen molar-refractivity contribution in [3.8, 4) is 11.3 Å². The number of ether oxygens (including phenoxy) is 1. The SMILES string of the molecule is c1ccc2nc(C3CCOCC3)c(-c3cc4cccc(C5CN5)c4[nH]3)cc2c1. The van der Waals surface area contributed by atoms with Gasteiger partial charge in [0.15, 0.2) is 0 Å². The molecule has 4 nitrogen and oxygen atoms in total. The predicted molar refractivity (Wildman–Crippen MR) is 113 cm³/mol. The third kappa shape index (κ3) is 2.72. The van der Waals surface area contributed by atoms with Crippen LogP contribution in [0.4, 0.5) is 0 Å². The number of aromatic nitrogens is 2. The summed E-state index contributed by atoms with van der Waals surface area (Å²) in [6, 6.07) is 20.1. The van der Waals surface area contributed by atoms with Crippen LogP contribution in [0.15, 0.2) is 54.6 Å². The van der Waals surface area contributed by atoms with Gasteiger partial charge in [-0.05, 0) is 36.6 Å². The lowest BCUT2D eigenvalue weighted by molar-refractivity contribution is 0.0847. The second kappa shape index (κ2) is 6.43. The van der Waals surface area contributed by atoms with Gasteiger partial charge in [0.25, 0.3) is 0 Å². The van der Waals surface area contributed by atoms with Gasteiger partial charge in [-0.2, -0.15) is 0 Å². The summed E-state index contributed by atoms with van der Waals surface area (Å²) in [7, 11) is 0. The normalized spacial score (nSPS) is 20.1. The molecule has 2 aliphatic heterocycles. The number of hydrogen-bond acceptors (Lipinski definition) is 3. The van der Waals surface area contributed by atoms with Crippen molar-refractivity contribution in [1.29, 1.82) is 0 Å². The number of nitrogens with zero attached hydrogens (tertiary/aromatic N) is 1. The number of pyridine rings is 1. The van der Waals surface area contributed by atoms with E-state index in [1.807, 2.05) is 0 Å². The molecule has 2 aliphatic rings. The van der Waals surface area contributed by atoms with Crippen molar-refractivity contribution in [3.63, 3.8) is 0 Å². The average Bonchev–Trinajstić information content (AvgIpc) is 3.51. The average molecular weight is 369 g/mol. The summed E-state index contributed by atoms with van der Waals surface area (Å²) in [5.74, 6) is 0.448. The Hall–Kier alpha value is -2.69. The van der Waals surface area contributed by atoms with Crippen LogP contribution in [0.5, 0.6) is 0 Å². The first-order valence-electron chi connectivity index (χ1n) is 10.2. The first-order valence-corrected chi connectivity index (χ1v) is 10.2. The van der Waals surface area contributed by atoms with E-state index in [2.05, 4.69) is 64.9 Å². The van der Waals surface area contributed by atoms with Gasteiger partial charge in [0.1, 0.15) is 0 Å². The molecule has 0 aliphatic carbocycles. The van der Waals surface area contributed by atoms with Crippen LogP contribution < -0.4 is 5.32 Å². The molecule has 0 saturated carbocycles. The monoisotopic (exact) mass is 369 g/mol. The van der Waals surface area contributed by atoms with Crippen molar-refractivity contribution in [2.75, 3.05) is 19.8 Å². The van der Waals surface area contributed by atoms with Crippen molar-refractivity contribution < 1.29 is 4.74 Å². The van der Waals surface area contributed by atoms with Crippen LogP contribution in [0.25, 0.3) is 33.1 Å². The Morgan fingerprint density at radius 1 is 0.929 bits per heavy atom. The summed E-state index contributed by atoms with van der Waals surface area (Å²) in [5.41, 5.74) is 7.30. The molecule has 2 N–H and O–H groups in total. The van der Waals surface area contributed by atoms with Crippen LogP contribution in [0, 0.1) is 0 Å². The molecule has 2 aromatic carbocycles. The van der Waals surface area contributed by atoms with Gasteiger partial charge in [-0.1, -0.05) is 36.4 Å². The van der Waals surface area contributed by atoms with E-state index >= 15 is 0 Å². The van der Waals surface area contributed by atoms with E-state index in [9.17, 15) is 0 Å². The molecule has 4 heteroatoms. The number of aromatic amines is 1. The van der Waals surface area contributed by atoms with E-state index in [1.165, 1.54) is 38.8 Å². The maximum atomic E-state index is 5.61. The van der Waals surface area contributed by atoms with Crippen molar-refractivity contribution in [3.05, 3.63) is 65.9 Å². The minimum atomic E-state index is 0.448. The Kier molecular flexibility index (Phi) is 3.74. The lowest BCUT2D eigenvalue weighted by Gasteiger charge is -2.24. The van der Waals surface area contributed by atoms with Gasteiger partial charge < -0.3 is 15.0 Å². The Morgan fingerprint density at radius 3 is 2.61 bits per heavy atom. The Morgan fingerprint density at radius 2 is 1.75 bits per heavy atom. The molecule has 2 fully saturated rings. The smallest absolute Gasteiger partial charge is 0.0705 e. The fourth-order valence-electron chi connectivity index (χ4n) is 4.52. The maximum Gasteiger partial charge on any atom is 0.0705 e. The molecule has 2 saturated heterocycles. The van der Waals surface area contributed by atoms with Gasteiger partial charge in [0.05, 0.1) is 16.7 Å². The minimum Gasteiger partial charge on any atom is -0.381 e. The summed E-state index contributed by atoms with van der Waals surface area (Å²) in [6.45, 7) is 2.71. The van der Waals surface area contributed by atoms with Crippen LogP contribution in [0.2, 0.25) is 0 Å². The first kappa shape index (κ1) is 16.3. The fourth-order valence-corrected chi connectivity index (χ4v) is 4.52. The Bertz CT molecular complexity index is 1170. The number of benzene rings is 2. The Balaban J connectivity index is 1.56. The lowest BCUT2D eigenvalue weighted by atomic mass is 9.91. The third-order valence-corrected chi connectivity index (χ3v) is 6.12. The first-order chi connectivity index (χ1) is 13.9. The summed E-state index contributed by atoms with van der Waals surface area (Å²) < 4.78 is 5.61. The van der Waals surface area contributed by atoms with Gasteiger partial charge in [-0.3, -0.25) is 4.98 Å². The standard InChI is InChI=1S/C24H23N3O/c1-2-7-20-16(4-1)12-19(23(26-20)15-8-10-28-11-9-15)21-13-17-5-3-6-18(22-14-25-22)24(17)27-21/h1-7,12-13,15,22,25,27H,8-11,14H2. The van der Waals surface area contributed by atoms with Crippen molar-refractivity contribution in [1.82, 2.24) is 15.3 Å². The molecular formula is C24H23N3O. The largest absolute Gasteiger partial charge is 0.381 e. The molecule has 0 spiro atoms. The van der Waals surface area contributed by atoms with Crippen LogP contribution in [-0.4, -0.2) is 29.7 Å². The highest BCUT2D eigenvalue weighted by Gasteiger charge is 2.26. The van der Waals surface area contributed by atoms with Gasteiger partial charge in [-0.25, -0.2) is 0 Å². The molecule has 4 aromatic rings. The van der Waals surface area contributed by atoms with Gasteiger partial charge in [0, 0.05) is 53.7 Å². The minimum absolute atomic E-state index is 0.448. The number of rotatable bonds is 3. The van der Waals surface area contributed by atoms with Gasteiger partial charge in [-0.15, -0.1) is 0 Å².